The molecule has 0 saturated carbocycles. The molecule has 1 aliphatic rings. The van der Waals surface area contributed by atoms with Gasteiger partial charge in [0.1, 0.15) is 12.1 Å². The maximum Gasteiger partial charge on any atom is 0.277 e. The number of carbonyl (C=O) groups is 1. The van der Waals surface area contributed by atoms with Gasteiger partial charge in [0.05, 0.1) is 35.0 Å². The van der Waals surface area contributed by atoms with Gasteiger partial charge in [-0.2, -0.15) is 5.10 Å². The van der Waals surface area contributed by atoms with Crippen LogP contribution in [0.25, 0.3) is 22.4 Å². The van der Waals surface area contributed by atoms with Crippen LogP contribution in [0, 0.1) is 5.92 Å². The molecule has 0 unspecified atom stereocenters. The van der Waals surface area contributed by atoms with Gasteiger partial charge < -0.3 is 25.5 Å². The molecule has 12 heteroatoms. The van der Waals surface area contributed by atoms with Crippen LogP contribution in [0.3, 0.4) is 0 Å². The summed E-state index contributed by atoms with van der Waals surface area (Å²) in [7, 11) is 1.89. The van der Waals surface area contributed by atoms with E-state index in [-0.39, 0.29) is 18.2 Å². The Morgan fingerprint density at radius 1 is 1.29 bits per heavy atom. The summed E-state index contributed by atoms with van der Waals surface area (Å²) < 4.78 is 13.8. The van der Waals surface area contributed by atoms with Crippen molar-refractivity contribution >= 4 is 45.9 Å². The largest absolute Gasteiger partial charge is 0.444 e. The van der Waals surface area contributed by atoms with Crippen LogP contribution in [-0.4, -0.2) is 55.1 Å². The molecule has 1 aliphatic heterocycles. The van der Waals surface area contributed by atoms with Gasteiger partial charge in [0.15, 0.2) is 5.69 Å². The molecule has 0 atom stereocenters. The predicted molar refractivity (Wildman–Crippen MR) is 133 cm³/mol. The van der Waals surface area contributed by atoms with E-state index < -0.39 is 0 Å². The van der Waals surface area contributed by atoms with Gasteiger partial charge in [-0.1, -0.05) is 0 Å². The van der Waals surface area contributed by atoms with Crippen molar-refractivity contribution in [3.05, 3.63) is 48.6 Å². The molecule has 5 rings (SSSR count). The number of pyridine rings is 1. The smallest absolute Gasteiger partial charge is 0.277 e. The van der Waals surface area contributed by atoms with E-state index in [1.54, 1.807) is 24.5 Å². The zero-order valence-corrected chi connectivity index (χ0v) is 19.8. The first-order chi connectivity index (χ1) is 17.0. The highest BCUT2D eigenvalue weighted by Crippen LogP contribution is 2.34. The molecule has 35 heavy (non-hydrogen) atoms. The third kappa shape index (κ3) is 5.21. The number of nitrogens with zero attached hydrogens (tertiary/aromatic N) is 5. The summed E-state index contributed by atoms with van der Waals surface area (Å²) in [6.45, 7) is 1.81. The first-order valence-electron chi connectivity index (χ1n) is 11.0. The lowest BCUT2D eigenvalue weighted by molar-refractivity contribution is 0.102. The highest BCUT2D eigenvalue weighted by atomic mass is 35.5. The third-order valence-corrected chi connectivity index (χ3v) is 6.09. The van der Waals surface area contributed by atoms with Crippen molar-refractivity contribution in [2.24, 2.45) is 13.0 Å². The van der Waals surface area contributed by atoms with Gasteiger partial charge in [-0.15, -0.1) is 0 Å². The summed E-state index contributed by atoms with van der Waals surface area (Å²) in [5, 5.41) is 17.7. The zero-order valence-electron chi connectivity index (χ0n) is 19.1. The second-order valence-corrected chi connectivity index (χ2v) is 8.27. The van der Waals surface area contributed by atoms with Crippen molar-refractivity contribution < 1.29 is 19.0 Å². The first-order valence-corrected chi connectivity index (χ1v) is 11.3. The molecule has 4 heterocycles. The van der Waals surface area contributed by atoms with Gasteiger partial charge in [0.25, 0.3) is 5.91 Å². The minimum atomic E-state index is -0.373. The number of nitrogen functional groups attached to an aromatic ring is 1. The van der Waals surface area contributed by atoms with Crippen molar-refractivity contribution in [2.45, 2.75) is 12.8 Å². The van der Waals surface area contributed by atoms with Crippen molar-refractivity contribution in [3.8, 4) is 11.5 Å². The van der Waals surface area contributed by atoms with Gasteiger partial charge in [-0.3, -0.25) is 14.1 Å². The fourth-order valence-electron chi connectivity index (χ4n) is 4.19. The summed E-state index contributed by atoms with van der Waals surface area (Å²) in [6, 6.07) is 7.33. The number of aliphatic hydroxyl groups excluding tert-OH is 1. The van der Waals surface area contributed by atoms with Crippen molar-refractivity contribution in [2.75, 3.05) is 35.6 Å². The van der Waals surface area contributed by atoms with E-state index in [1.807, 2.05) is 23.9 Å². The van der Waals surface area contributed by atoms with E-state index in [2.05, 4.69) is 37.1 Å². The first kappa shape index (κ1) is 24.5. The summed E-state index contributed by atoms with van der Waals surface area (Å²) >= 11 is 3.64. The monoisotopic (exact) mass is 499 g/mol. The number of benzene rings is 1. The minimum Gasteiger partial charge on any atom is -0.444 e. The Morgan fingerprint density at radius 2 is 2.06 bits per heavy atom. The van der Waals surface area contributed by atoms with Gasteiger partial charge >= 0.3 is 0 Å². The van der Waals surface area contributed by atoms with E-state index in [1.165, 1.54) is 6.26 Å². The van der Waals surface area contributed by atoms with Crippen LogP contribution >= 0.6 is 11.9 Å². The Labute approximate surface area is 206 Å². The van der Waals surface area contributed by atoms with Crippen LogP contribution < -0.4 is 16.0 Å². The molecule has 1 saturated heterocycles. The molecule has 1 fully saturated rings. The molecule has 11 nitrogen and oxygen atoms in total. The number of aliphatic hydroxyl groups is 1. The number of halogens is 1. The molecule has 5 N–H and O–H groups in total. The van der Waals surface area contributed by atoms with Crippen molar-refractivity contribution in [1.29, 1.82) is 0 Å². The highest BCUT2D eigenvalue weighted by molar-refractivity contribution is 6.06. The molecule has 3 aromatic heterocycles. The Kier molecular flexibility index (Phi) is 7.49. The number of fused-ring (bicyclic) bond motifs is 1. The van der Waals surface area contributed by atoms with Crippen LogP contribution in [0.2, 0.25) is 0 Å². The molecule has 0 aliphatic carbocycles. The molecule has 184 valence electrons. The maximum atomic E-state index is 13.1. The Morgan fingerprint density at radius 3 is 2.77 bits per heavy atom. The number of oxazole rings is 1. The number of aryl methyl sites for hydroxylation is 1. The van der Waals surface area contributed by atoms with E-state index in [4.69, 9.17) is 14.8 Å². The quantitative estimate of drug-likeness (QED) is 0.324. The van der Waals surface area contributed by atoms with E-state index in [0.29, 0.717) is 28.9 Å². The maximum absolute atomic E-state index is 13.1. The molecular formula is C23H26ClN7O4. The summed E-state index contributed by atoms with van der Waals surface area (Å²) in [5.41, 5.74) is 9.12. The highest BCUT2D eigenvalue weighted by Gasteiger charge is 2.23. The number of hydrogen-bond acceptors (Lipinski definition) is 9. The molecule has 1 amide bonds. The molecule has 1 aromatic carbocycles. The lowest BCUT2D eigenvalue weighted by Gasteiger charge is -2.34. The molecule has 0 bridgehead atoms. The number of piperidine rings is 1. The molecule has 0 spiro atoms. The van der Waals surface area contributed by atoms with Crippen LogP contribution in [0.5, 0.6) is 0 Å². The Bertz CT molecular complexity index is 1310. The average molecular weight is 500 g/mol. The van der Waals surface area contributed by atoms with Crippen molar-refractivity contribution in [1.82, 2.24) is 19.7 Å². The number of hydrogen-bond donors (Lipinski definition) is 4. The number of aromatic nitrogens is 4. The normalized spacial score (nSPS) is 14.0. The topological polar surface area (TPSA) is 156 Å². The number of amides is 1. The average Bonchev–Trinajstić information content (AvgIpc) is 3.52. The number of anilines is 3. The fraction of sp³-hybridized carbons (Fsp3) is 0.304. The van der Waals surface area contributed by atoms with E-state index in [9.17, 15) is 9.90 Å². The second kappa shape index (κ2) is 10.7. The predicted octanol–water partition coefficient (Wildman–Crippen LogP) is 2.80. The molecule has 4 aromatic rings. The summed E-state index contributed by atoms with van der Waals surface area (Å²) in [5.74, 6) is 0.580. The number of carbonyl (C=O) groups excluding carboxylic acids is 1. The SMILES string of the molecule is Cn1ncc2cc(NC(=O)c3coc(-c4ccnc(N)c4)n3)c(N3CCC(CO)CC3)cc21.OCl. The van der Waals surface area contributed by atoms with Crippen molar-refractivity contribution in [3.63, 3.8) is 0 Å². The van der Waals surface area contributed by atoms with Crippen LogP contribution in [0.15, 0.2) is 47.3 Å². The lowest BCUT2D eigenvalue weighted by Crippen LogP contribution is -2.35. The van der Waals surface area contributed by atoms with Gasteiger partial charge in [0.2, 0.25) is 5.89 Å². The number of nitrogens with two attached hydrogens (primary N) is 1. The number of rotatable bonds is 5. The Hall–Kier alpha value is -3.67. The standard InChI is InChI=1S/C23H25N7O3.ClHO/c1-29-19-10-20(30-6-3-14(12-31)4-7-30)17(8-16(19)11-26-29)27-22(32)18-13-33-23(28-18)15-2-5-25-21(24)9-15;1-2/h2,5,8-11,13-14,31H,3-4,6-7,12H2,1H3,(H2,24,25)(H,27,32);2H. The summed E-state index contributed by atoms with van der Waals surface area (Å²) in [4.78, 5) is 23.6. The molecule has 0 radical (unpaired) electrons. The van der Waals surface area contributed by atoms with E-state index >= 15 is 0 Å². The molecular weight excluding hydrogens is 474 g/mol. The number of nitrogens with one attached hydrogen (secondary N) is 1. The van der Waals surface area contributed by atoms with Crippen LogP contribution in [0.4, 0.5) is 17.2 Å². The summed E-state index contributed by atoms with van der Waals surface area (Å²) in [6.07, 6.45) is 6.46. The lowest BCUT2D eigenvalue weighted by atomic mass is 9.97. The second-order valence-electron chi connectivity index (χ2n) is 8.27. The van der Waals surface area contributed by atoms with E-state index in [0.717, 1.165) is 42.5 Å². The minimum absolute atomic E-state index is 0.164. The third-order valence-electron chi connectivity index (χ3n) is 6.09. The zero-order chi connectivity index (χ0) is 24.9. The van der Waals surface area contributed by atoms with Gasteiger partial charge in [-0.25, -0.2) is 9.97 Å². The van der Waals surface area contributed by atoms with Gasteiger partial charge in [0, 0.05) is 43.9 Å². The fourth-order valence-corrected chi connectivity index (χ4v) is 4.19. The van der Waals surface area contributed by atoms with Gasteiger partial charge in [-0.05, 0) is 43.0 Å². The van der Waals surface area contributed by atoms with Crippen LogP contribution in [-0.2, 0) is 7.05 Å². The Balaban J connectivity index is 0.00000141. The van der Waals surface area contributed by atoms with Crippen LogP contribution in [0.1, 0.15) is 23.3 Å².